The Morgan fingerprint density at radius 1 is 0.535 bits per heavy atom. The first-order valence-electron chi connectivity index (χ1n) is 14.6. The summed E-state index contributed by atoms with van der Waals surface area (Å²) in [6.07, 6.45) is -3.82. The Labute approximate surface area is 252 Å². The van der Waals surface area contributed by atoms with Crippen LogP contribution in [-0.2, 0) is 54.9 Å². The minimum atomic E-state index is -1.23. The molecule has 4 aromatic rings. The van der Waals surface area contributed by atoms with Gasteiger partial charge in [-0.2, -0.15) is 0 Å². The van der Waals surface area contributed by atoms with Crippen LogP contribution < -0.4 is 5.11 Å². The molecule has 0 saturated carbocycles. The van der Waals surface area contributed by atoms with Crippen LogP contribution in [0, 0.1) is 0 Å². The predicted molar refractivity (Wildman–Crippen MR) is 159 cm³/mol. The van der Waals surface area contributed by atoms with Crippen molar-refractivity contribution in [3.63, 3.8) is 0 Å². The minimum Gasteiger partial charge on any atom is -0.550 e. The maximum absolute atomic E-state index is 11.9. The van der Waals surface area contributed by atoms with Gasteiger partial charge in [-0.05, 0) is 22.3 Å². The van der Waals surface area contributed by atoms with Crippen LogP contribution in [0.1, 0.15) is 28.7 Å². The Balaban J connectivity index is 1.42. The Morgan fingerprint density at radius 2 is 0.907 bits per heavy atom. The fourth-order valence-corrected chi connectivity index (χ4v) is 5.21. The Morgan fingerprint density at radius 3 is 1.33 bits per heavy atom. The van der Waals surface area contributed by atoms with E-state index in [4.69, 9.17) is 23.7 Å². The molecule has 0 spiro atoms. The summed E-state index contributed by atoms with van der Waals surface area (Å²) in [5.74, 6) is -1.23. The summed E-state index contributed by atoms with van der Waals surface area (Å²) in [5, 5.41) is 11.9. The van der Waals surface area contributed by atoms with Gasteiger partial charge in [0, 0.05) is 12.4 Å². The van der Waals surface area contributed by atoms with Crippen molar-refractivity contribution in [1.29, 1.82) is 0 Å². The molecule has 7 heteroatoms. The highest BCUT2D eigenvalue weighted by Crippen LogP contribution is 2.32. The van der Waals surface area contributed by atoms with Crippen LogP contribution in [0.5, 0.6) is 0 Å². The zero-order valence-corrected chi connectivity index (χ0v) is 24.0. The van der Waals surface area contributed by atoms with E-state index in [-0.39, 0.29) is 26.2 Å². The van der Waals surface area contributed by atoms with Crippen molar-refractivity contribution in [2.75, 3.05) is 6.61 Å². The topological polar surface area (TPSA) is 86.3 Å². The van der Waals surface area contributed by atoms with E-state index < -0.39 is 36.5 Å². The van der Waals surface area contributed by atoms with Crippen molar-refractivity contribution < 1.29 is 33.6 Å². The molecule has 5 rings (SSSR count). The number of rotatable bonds is 15. The number of carbonyl (C=O) groups excluding carboxylic acids is 1. The molecule has 1 saturated heterocycles. The normalized spacial score (nSPS) is 21.8. The highest BCUT2D eigenvalue weighted by Gasteiger charge is 2.48. The Bertz CT molecular complexity index is 1350. The maximum Gasteiger partial charge on any atom is 0.115 e. The summed E-state index contributed by atoms with van der Waals surface area (Å²) in [4.78, 5) is 11.9. The van der Waals surface area contributed by atoms with E-state index in [9.17, 15) is 9.90 Å². The van der Waals surface area contributed by atoms with Gasteiger partial charge in [0.05, 0.1) is 39.1 Å². The first kappa shape index (κ1) is 30.6. The highest BCUT2D eigenvalue weighted by atomic mass is 16.6. The second kappa shape index (κ2) is 16.1. The van der Waals surface area contributed by atoms with Crippen LogP contribution in [0.4, 0.5) is 0 Å². The van der Waals surface area contributed by atoms with Gasteiger partial charge in [-0.3, -0.25) is 0 Å². The monoisotopic (exact) mass is 581 g/mol. The number of carboxylic acids is 1. The molecule has 1 heterocycles. The second-order valence-corrected chi connectivity index (χ2v) is 10.6. The zero-order valence-electron chi connectivity index (χ0n) is 24.0. The quantitative estimate of drug-likeness (QED) is 0.198. The van der Waals surface area contributed by atoms with Crippen LogP contribution in [0.25, 0.3) is 0 Å². The minimum absolute atomic E-state index is 0.175. The lowest BCUT2D eigenvalue weighted by Crippen LogP contribution is -2.61. The number of hydrogen-bond donors (Lipinski definition) is 0. The maximum atomic E-state index is 11.9. The second-order valence-electron chi connectivity index (χ2n) is 10.6. The number of aliphatic carboxylic acids is 1. The third-order valence-corrected chi connectivity index (χ3v) is 7.35. The molecule has 43 heavy (non-hydrogen) atoms. The molecule has 1 aliphatic rings. The highest BCUT2D eigenvalue weighted by molar-refractivity contribution is 5.65. The van der Waals surface area contributed by atoms with Crippen LogP contribution >= 0.6 is 0 Å². The van der Waals surface area contributed by atoms with Gasteiger partial charge >= 0.3 is 0 Å². The first-order valence-corrected chi connectivity index (χ1v) is 14.6. The van der Waals surface area contributed by atoms with E-state index in [1.165, 1.54) is 0 Å². The van der Waals surface area contributed by atoms with E-state index in [0.717, 1.165) is 22.3 Å². The Hall–Kier alpha value is -3.85. The summed E-state index contributed by atoms with van der Waals surface area (Å²) < 4.78 is 32.1. The van der Waals surface area contributed by atoms with Gasteiger partial charge in [-0.15, -0.1) is 0 Å². The Kier molecular flexibility index (Phi) is 11.5. The summed E-state index contributed by atoms with van der Waals surface area (Å²) >= 11 is 0. The van der Waals surface area contributed by atoms with E-state index in [0.29, 0.717) is 13.2 Å². The van der Waals surface area contributed by atoms with Crippen LogP contribution in [-0.4, -0.2) is 43.1 Å². The molecule has 0 bridgehead atoms. The van der Waals surface area contributed by atoms with Crippen molar-refractivity contribution in [3.8, 4) is 0 Å². The van der Waals surface area contributed by atoms with Crippen LogP contribution in [0.15, 0.2) is 121 Å². The third kappa shape index (κ3) is 9.32. The largest absolute Gasteiger partial charge is 0.550 e. The molecular weight excluding hydrogens is 544 g/mol. The number of ether oxygens (including phenoxy) is 5. The molecule has 224 valence electrons. The van der Waals surface area contributed by atoms with Crippen molar-refractivity contribution >= 4 is 5.97 Å². The lowest BCUT2D eigenvalue weighted by Gasteiger charge is -2.46. The fraction of sp³-hybridized carbons (Fsp3) is 0.306. The molecule has 0 aromatic heterocycles. The molecule has 1 fully saturated rings. The van der Waals surface area contributed by atoms with E-state index in [1.54, 1.807) is 0 Å². The van der Waals surface area contributed by atoms with Crippen molar-refractivity contribution in [2.24, 2.45) is 0 Å². The van der Waals surface area contributed by atoms with Gasteiger partial charge in [-0.25, -0.2) is 0 Å². The first-order chi connectivity index (χ1) is 21.2. The standard InChI is InChI=1S/C36H38O7/c37-33(38)21-31-34(40-23-28-15-7-2-8-16-28)36(42-25-30-19-11-4-12-20-30)35(41-24-29-17-9-3-10-18-29)32(43-31)26-39-22-27-13-5-1-6-14-27/h1-20,31-32,34-36H,21-26H2,(H,37,38)/p-1/t31?,32-,34+,35+,36-/m1/s1. The molecule has 0 aliphatic carbocycles. The number of benzene rings is 4. The van der Waals surface area contributed by atoms with Crippen LogP contribution in [0.2, 0.25) is 0 Å². The molecule has 1 aliphatic heterocycles. The summed E-state index contributed by atoms with van der Waals surface area (Å²) in [7, 11) is 0. The summed E-state index contributed by atoms with van der Waals surface area (Å²) in [6.45, 7) is 1.41. The summed E-state index contributed by atoms with van der Waals surface area (Å²) in [5.41, 5.74) is 3.94. The van der Waals surface area contributed by atoms with Crippen molar-refractivity contribution in [1.82, 2.24) is 0 Å². The fourth-order valence-electron chi connectivity index (χ4n) is 5.21. The molecule has 1 unspecified atom stereocenters. The lowest BCUT2D eigenvalue weighted by molar-refractivity contribution is -0.316. The van der Waals surface area contributed by atoms with Gasteiger partial charge < -0.3 is 33.6 Å². The summed E-state index contributed by atoms with van der Waals surface area (Å²) in [6, 6.07) is 39.3. The van der Waals surface area contributed by atoms with Crippen LogP contribution in [0.3, 0.4) is 0 Å². The molecule has 7 nitrogen and oxygen atoms in total. The number of hydrogen-bond acceptors (Lipinski definition) is 7. The molecule has 5 atom stereocenters. The number of carboxylic acid groups (broad SMARTS) is 1. The molecular formula is C36H37O7-. The smallest absolute Gasteiger partial charge is 0.115 e. The molecule has 4 aromatic carbocycles. The SMILES string of the molecule is O=C([O-])CC1O[C@H](COCc2ccccc2)[C@H](OCc2ccccc2)[C@H](OCc2ccccc2)[C@H]1OCc1ccccc1. The predicted octanol–water partition coefficient (Wildman–Crippen LogP) is 4.87. The van der Waals surface area contributed by atoms with E-state index in [1.807, 2.05) is 121 Å². The van der Waals surface area contributed by atoms with Gasteiger partial charge in [-0.1, -0.05) is 121 Å². The molecule has 0 N–H and O–H groups in total. The average molecular weight is 582 g/mol. The van der Waals surface area contributed by atoms with Gasteiger partial charge in [0.2, 0.25) is 0 Å². The molecule has 0 amide bonds. The van der Waals surface area contributed by atoms with E-state index >= 15 is 0 Å². The number of carbonyl (C=O) groups is 1. The third-order valence-electron chi connectivity index (χ3n) is 7.35. The van der Waals surface area contributed by atoms with Gasteiger partial charge in [0.1, 0.15) is 24.4 Å². The van der Waals surface area contributed by atoms with Crippen molar-refractivity contribution in [2.45, 2.75) is 63.4 Å². The lowest BCUT2D eigenvalue weighted by atomic mass is 9.92. The van der Waals surface area contributed by atoms with E-state index in [2.05, 4.69) is 0 Å². The average Bonchev–Trinajstić information content (AvgIpc) is 3.04. The van der Waals surface area contributed by atoms with Gasteiger partial charge in [0.15, 0.2) is 0 Å². The van der Waals surface area contributed by atoms with Crippen molar-refractivity contribution in [3.05, 3.63) is 144 Å². The van der Waals surface area contributed by atoms with Gasteiger partial charge in [0.25, 0.3) is 0 Å². The zero-order chi connectivity index (χ0) is 29.7. The molecule has 0 radical (unpaired) electrons.